The molecule has 1 saturated heterocycles. The normalized spacial score (nSPS) is 21.6. The third-order valence-electron chi connectivity index (χ3n) is 3.02. The molecular formula is C11H12N4S. The first kappa shape index (κ1) is 9.82. The fourth-order valence-electron chi connectivity index (χ4n) is 2.22. The Morgan fingerprint density at radius 3 is 3.38 bits per heavy atom. The molecule has 0 aromatic carbocycles. The maximum absolute atomic E-state index is 9.00. The summed E-state index contributed by atoms with van der Waals surface area (Å²) in [6.07, 6.45) is 6.19. The number of hydrogen-bond acceptors (Lipinski definition) is 4. The molecular weight excluding hydrogens is 220 g/mol. The van der Waals surface area contributed by atoms with E-state index in [1.165, 1.54) is 0 Å². The zero-order valence-electron chi connectivity index (χ0n) is 8.83. The Morgan fingerprint density at radius 1 is 1.62 bits per heavy atom. The predicted octanol–water partition coefficient (Wildman–Crippen LogP) is 1.88. The van der Waals surface area contributed by atoms with E-state index in [9.17, 15) is 0 Å². The number of hydrogen-bond donors (Lipinski definition) is 0. The summed E-state index contributed by atoms with van der Waals surface area (Å²) >= 11 is 1.64. The average Bonchev–Trinajstić information content (AvgIpc) is 2.92. The van der Waals surface area contributed by atoms with Crippen LogP contribution in [-0.2, 0) is 6.54 Å². The smallest absolute Gasteiger partial charge is 0.193 e. The molecule has 2 aromatic heterocycles. The number of thiazole rings is 1. The van der Waals surface area contributed by atoms with Gasteiger partial charge in [0.25, 0.3) is 0 Å². The van der Waals surface area contributed by atoms with E-state index in [0.29, 0.717) is 0 Å². The summed E-state index contributed by atoms with van der Waals surface area (Å²) < 4.78 is 2.04. The summed E-state index contributed by atoms with van der Waals surface area (Å²) in [5.41, 5.74) is 1.06. The lowest BCUT2D eigenvalue weighted by Crippen LogP contribution is -2.27. The first-order valence-corrected chi connectivity index (χ1v) is 6.29. The van der Waals surface area contributed by atoms with E-state index in [0.717, 1.165) is 36.6 Å². The largest absolute Gasteiger partial charge is 0.297 e. The second-order valence-corrected chi connectivity index (χ2v) is 4.96. The molecule has 4 nitrogen and oxygen atoms in total. The van der Waals surface area contributed by atoms with Crippen LogP contribution >= 0.6 is 11.3 Å². The van der Waals surface area contributed by atoms with Crippen molar-refractivity contribution in [2.45, 2.75) is 25.4 Å². The summed E-state index contributed by atoms with van der Waals surface area (Å²) in [6.45, 7) is 1.82. The van der Waals surface area contributed by atoms with Crippen molar-refractivity contribution in [2.75, 3.05) is 6.54 Å². The molecule has 0 saturated carbocycles. The van der Waals surface area contributed by atoms with Crippen molar-refractivity contribution in [3.63, 3.8) is 0 Å². The highest BCUT2D eigenvalue weighted by Gasteiger charge is 2.24. The quantitative estimate of drug-likeness (QED) is 0.794. The van der Waals surface area contributed by atoms with Gasteiger partial charge in [0, 0.05) is 24.3 Å². The average molecular weight is 232 g/mol. The van der Waals surface area contributed by atoms with Crippen LogP contribution in [0.15, 0.2) is 17.8 Å². The van der Waals surface area contributed by atoms with E-state index in [4.69, 9.17) is 5.26 Å². The standard InChI is InChI=1S/C11H12N4S/c12-6-10-2-1-3-14(10)7-9-8-15-4-5-16-11(15)13-9/h4-5,8,10H,1-3,7H2. The van der Waals surface area contributed by atoms with Crippen LogP contribution in [0.25, 0.3) is 4.96 Å². The van der Waals surface area contributed by atoms with Crippen LogP contribution in [0.4, 0.5) is 0 Å². The number of nitrogens with zero attached hydrogens (tertiary/aromatic N) is 4. The molecule has 1 aliphatic rings. The molecule has 0 N–H and O–H groups in total. The second kappa shape index (κ2) is 3.89. The van der Waals surface area contributed by atoms with Gasteiger partial charge in [0.15, 0.2) is 4.96 Å². The molecule has 82 valence electrons. The Labute approximate surface area is 97.7 Å². The topological polar surface area (TPSA) is 44.3 Å². The third kappa shape index (κ3) is 1.60. The van der Waals surface area contributed by atoms with Gasteiger partial charge < -0.3 is 0 Å². The number of rotatable bonds is 2. The summed E-state index contributed by atoms with van der Waals surface area (Å²) in [6, 6.07) is 2.44. The molecule has 0 amide bonds. The Kier molecular flexibility index (Phi) is 2.39. The van der Waals surface area contributed by atoms with Crippen LogP contribution in [0.5, 0.6) is 0 Å². The van der Waals surface area contributed by atoms with Crippen LogP contribution in [0.3, 0.4) is 0 Å². The third-order valence-corrected chi connectivity index (χ3v) is 3.79. The van der Waals surface area contributed by atoms with E-state index >= 15 is 0 Å². The van der Waals surface area contributed by atoms with Crippen molar-refractivity contribution >= 4 is 16.3 Å². The van der Waals surface area contributed by atoms with Gasteiger partial charge in [-0.25, -0.2) is 4.98 Å². The van der Waals surface area contributed by atoms with Crippen molar-refractivity contribution in [3.05, 3.63) is 23.5 Å². The Bertz CT molecular complexity index is 507. The summed E-state index contributed by atoms with van der Waals surface area (Å²) in [4.78, 5) is 7.78. The zero-order chi connectivity index (χ0) is 11.0. The van der Waals surface area contributed by atoms with Crippen molar-refractivity contribution in [3.8, 4) is 6.07 Å². The van der Waals surface area contributed by atoms with Gasteiger partial charge in [-0.05, 0) is 19.4 Å². The maximum Gasteiger partial charge on any atom is 0.193 e. The molecule has 1 unspecified atom stereocenters. The van der Waals surface area contributed by atoms with Gasteiger partial charge in [0.05, 0.1) is 17.8 Å². The highest BCUT2D eigenvalue weighted by Crippen LogP contribution is 2.20. The van der Waals surface area contributed by atoms with Gasteiger partial charge >= 0.3 is 0 Å². The Hall–Kier alpha value is -1.38. The monoisotopic (exact) mass is 232 g/mol. The van der Waals surface area contributed by atoms with Crippen LogP contribution in [-0.4, -0.2) is 26.9 Å². The Morgan fingerprint density at radius 2 is 2.56 bits per heavy atom. The number of imidazole rings is 1. The lowest BCUT2D eigenvalue weighted by atomic mass is 10.2. The molecule has 0 bridgehead atoms. The fourth-order valence-corrected chi connectivity index (χ4v) is 2.94. The SMILES string of the molecule is N#CC1CCCN1Cc1cn2ccsc2n1. The number of nitriles is 1. The second-order valence-electron chi connectivity index (χ2n) is 4.08. The van der Waals surface area contributed by atoms with Crippen LogP contribution < -0.4 is 0 Å². The minimum atomic E-state index is 0.0831. The van der Waals surface area contributed by atoms with Crippen LogP contribution in [0.1, 0.15) is 18.5 Å². The lowest BCUT2D eigenvalue weighted by Gasteiger charge is -2.16. The summed E-state index contributed by atoms with van der Waals surface area (Å²) in [7, 11) is 0. The van der Waals surface area contributed by atoms with Crippen molar-refractivity contribution in [1.29, 1.82) is 5.26 Å². The minimum absolute atomic E-state index is 0.0831. The van der Waals surface area contributed by atoms with Gasteiger partial charge in [0.1, 0.15) is 0 Å². The molecule has 1 fully saturated rings. The summed E-state index contributed by atoms with van der Waals surface area (Å²) in [5, 5.41) is 11.0. The van der Waals surface area contributed by atoms with E-state index in [1.54, 1.807) is 11.3 Å². The van der Waals surface area contributed by atoms with Gasteiger partial charge in [-0.3, -0.25) is 9.30 Å². The highest BCUT2D eigenvalue weighted by atomic mass is 32.1. The van der Waals surface area contributed by atoms with Crippen LogP contribution in [0, 0.1) is 11.3 Å². The van der Waals surface area contributed by atoms with Crippen molar-refractivity contribution in [2.24, 2.45) is 0 Å². The number of aromatic nitrogens is 2. The molecule has 1 aliphatic heterocycles. The zero-order valence-corrected chi connectivity index (χ0v) is 9.65. The van der Waals surface area contributed by atoms with Gasteiger partial charge in [-0.15, -0.1) is 11.3 Å². The van der Waals surface area contributed by atoms with E-state index in [1.807, 2.05) is 16.0 Å². The molecule has 3 rings (SSSR count). The van der Waals surface area contributed by atoms with Gasteiger partial charge in [0.2, 0.25) is 0 Å². The van der Waals surface area contributed by atoms with Crippen molar-refractivity contribution in [1.82, 2.24) is 14.3 Å². The predicted molar refractivity (Wildman–Crippen MR) is 62.1 cm³/mol. The van der Waals surface area contributed by atoms with Gasteiger partial charge in [-0.1, -0.05) is 0 Å². The van der Waals surface area contributed by atoms with Gasteiger partial charge in [-0.2, -0.15) is 5.26 Å². The lowest BCUT2D eigenvalue weighted by molar-refractivity contribution is 0.283. The molecule has 2 aromatic rings. The molecule has 5 heteroatoms. The molecule has 16 heavy (non-hydrogen) atoms. The molecule has 0 aliphatic carbocycles. The molecule has 3 heterocycles. The van der Waals surface area contributed by atoms with E-state index in [-0.39, 0.29) is 6.04 Å². The maximum atomic E-state index is 9.00. The fraction of sp³-hybridized carbons (Fsp3) is 0.455. The number of likely N-dealkylation sites (tertiary alicyclic amines) is 1. The number of fused-ring (bicyclic) bond motifs is 1. The molecule has 0 radical (unpaired) electrons. The van der Waals surface area contributed by atoms with Crippen molar-refractivity contribution < 1.29 is 0 Å². The molecule has 0 spiro atoms. The van der Waals surface area contributed by atoms with E-state index in [2.05, 4.69) is 22.1 Å². The summed E-state index contributed by atoms with van der Waals surface area (Å²) in [5.74, 6) is 0. The highest BCUT2D eigenvalue weighted by molar-refractivity contribution is 7.15. The van der Waals surface area contributed by atoms with E-state index < -0.39 is 0 Å². The van der Waals surface area contributed by atoms with Crippen LogP contribution in [0.2, 0.25) is 0 Å². The first-order valence-electron chi connectivity index (χ1n) is 5.41. The Balaban J connectivity index is 1.79. The minimum Gasteiger partial charge on any atom is -0.297 e. The first-order chi connectivity index (χ1) is 7.86. The molecule has 1 atom stereocenters.